The van der Waals surface area contributed by atoms with Crippen LogP contribution in [0.15, 0.2) is 36.4 Å². The van der Waals surface area contributed by atoms with Gasteiger partial charge in [-0.05, 0) is 38.8 Å². The van der Waals surface area contributed by atoms with Crippen LogP contribution in [0.5, 0.6) is 0 Å². The first-order chi connectivity index (χ1) is 11.6. The van der Waals surface area contributed by atoms with E-state index in [0.29, 0.717) is 26.2 Å². The highest BCUT2D eigenvalue weighted by molar-refractivity contribution is 6.62. The summed E-state index contributed by atoms with van der Waals surface area (Å²) in [6.45, 7) is 8.90. The normalized spacial score (nSPS) is 13.2. The molecule has 0 radical (unpaired) electrons. The number of carbonyl (C=O) groups excluding carboxylic acids is 1. The van der Waals surface area contributed by atoms with Gasteiger partial charge >= 0.3 is 14.8 Å². The zero-order valence-electron chi connectivity index (χ0n) is 15.0. The standard InChI is InChI=1S/C18H28O5Si/c1-5-18(24(20-6-2,21-7-3)22-8-4)23-17(19)15-14-16-12-10-9-11-13-16/h9-15,18H,5-8H2,1-4H3. The van der Waals surface area contributed by atoms with Gasteiger partial charge in [-0.2, -0.15) is 0 Å². The van der Waals surface area contributed by atoms with Gasteiger partial charge in [0.15, 0.2) is 5.73 Å². The molecule has 1 unspecified atom stereocenters. The van der Waals surface area contributed by atoms with E-state index < -0.39 is 20.5 Å². The minimum absolute atomic E-state index is 0.429. The Morgan fingerprint density at radius 3 is 2.00 bits per heavy atom. The number of ether oxygens (including phenoxy) is 1. The molecule has 1 aromatic rings. The van der Waals surface area contributed by atoms with Gasteiger partial charge in [0.1, 0.15) is 0 Å². The number of hydrogen-bond acceptors (Lipinski definition) is 5. The minimum atomic E-state index is -3.07. The maximum Gasteiger partial charge on any atom is 0.544 e. The maximum atomic E-state index is 12.2. The molecule has 0 heterocycles. The molecule has 0 bridgehead atoms. The first-order valence-electron chi connectivity index (χ1n) is 8.47. The molecule has 0 aliphatic heterocycles. The SMILES string of the molecule is CCO[Si](OCC)(OCC)C(CC)OC(=O)C=Cc1ccccc1. The molecular formula is C18H28O5Si. The molecule has 0 N–H and O–H groups in total. The maximum absolute atomic E-state index is 12.2. The van der Waals surface area contributed by atoms with Gasteiger partial charge in [-0.25, -0.2) is 4.79 Å². The van der Waals surface area contributed by atoms with Crippen LogP contribution in [-0.4, -0.2) is 40.3 Å². The van der Waals surface area contributed by atoms with Crippen molar-refractivity contribution >= 4 is 20.8 Å². The van der Waals surface area contributed by atoms with Crippen LogP contribution in [0.1, 0.15) is 39.7 Å². The quantitative estimate of drug-likeness (QED) is 0.346. The van der Waals surface area contributed by atoms with E-state index in [4.69, 9.17) is 18.0 Å². The molecule has 1 atom stereocenters. The van der Waals surface area contributed by atoms with Gasteiger partial charge in [-0.15, -0.1) is 0 Å². The van der Waals surface area contributed by atoms with E-state index in [-0.39, 0.29) is 0 Å². The van der Waals surface area contributed by atoms with E-state index in [0.717, 1.165) is 5.56 Å². The van der Waals surface area contributed by atoms with E-state index in [1.807, 2.05) is 58.0 Å². The molecule has 0 aliphatic carbocycles. The zero-order valence-corrected chi connectivity index (χ0v) is 16.0. The summed E-state index contributed by atoms with van der Waals surface area (Å²) < 4.78 is 23.1. The molecular weight excluding hydrogens is 324 g/mol. The summed E-state index contributed by atoms with van der Waals surface area (Å²) in [5.41, 5.74) is 0.413. The summed E-state index contributed by atoms with van der Waals surface area (Å²) in [5.74, 6) is -0.429. The van der Waals surface area contributed by atoms with Crippen molar-refractivity contribution in [2.24, 2.45) is 0 Å². The lowest BCUT2D eigenvalue weighted by molar-refractivity contribution is -0.143. The van der Waals surface area contributed by atoms with Crippen molar-refractivity contribution in [1.82, 2.24) is 0 Å². The Morgan fingerprint density at radius 1 is 1.00 bits per heavy atom. The fourth-order valence-corrected chi connectivity index (χ4v) is 5.10. The molecule has 0 fully saturated rings. The average molecular weight is 353 g/mol. The average Bonchev–Trinajstić information content (AvgIpc) is 2.59. The van der Waals surface area contributed by atoms with Gasteiger partial charge in [0.25, 0.3) is 0 Å². The van der Waals surface area contributed by atoms with Crippen molar-refractivity contribution in [1.29, 1.82) is 0 Å². The van der Waals surface area contributed by atoms with Crippen molar-refractivity contribution in [2.75, 3.05) is 19.8 Å². The number of benzene rings is 1. The van der Waals surface area contributed by atoms with Crippen molar-refractivity contribution in [3.8, 4) is 0 Å². The van der Waals surface area contributed by atoms with Crippen LogP contribution >= 0.6 is 0 Å². The first kappa shape index (κ1) is 20.6. The molecule has 0 aromatic heterocycles. The molecule has 0 aliphatic rings. The van der Waals surface area contributed by atoms with Gasteiger partial charge in [0.2, 0.25) is 0 Å². The lowest BCUT2D eigenvalue weighted by Gasteiger charge is -2.33. The van der Waals surface area contributed by atoms with Gasteiger partial charge < -0.3 is 18.0 Å². The van der Waals surface area contributed by atoms with Gasteiger partial charge in [-0.3, -0.25) is 0 Å². The Labute approximate surface area is 145 Å². The van der Waals surface area contributed by atoms with Crippen LogP contribution in [0.25, 0.3) is 6.08 Å². The van der Waals surface area contributed by atoms with E-state index >= 15 is 0 Å². The highest BCUT2D eigenvalue weighted by Crippen LogP contribution is 2.21. The second-order valence-electron chi connectivity index (χ2n) is 4.98. The lowest BCUT2D eigenvalue weighted by Crippen LogP contribution is -2.57. The Balaban J connectivity index is 2.84. The minimum Gasteiger partial charge on any atom is -0.455 e. The Kier molecular flexibility index (Phi) is 9.55. The Hall–Kier alpha value is -1.47. The van der Waals surface area contributed by atoms with Crippen LogP contribution in [0.2, 0.25) is 0 Å². The van der Waals surface area contributed by atoms with Crippen molar-refractivity contribution < 1.29 is 22.8 Å². The predicted molar refractivity (Wildman–Crippen MR) is 96.3 cm³/mol. The van der Waals surface area contributed by atoms with E-state index in [2.05, 4.69) is 0 Å². The monoisotopic (exact) mass is 352 g/mol. The molecule has 0 saturated carbocycles. The number of carbonyl (C=O) groups is 1. The van der Waals surface area contributed by atoms with Gasteiger partial charge in [0, 0.05) is 25.9 Å². The molecule has 6 heteroatoms. The molecule has 1 rings (SSSR count). The summed E-state index contributed by atoms with van der Waals surface area (Å²) >= 11 is 0. The largest absolute Gasteiger partial charge is 0.544 e. The van der Waals surface area contributed by atoms with Crippen molar-refractivity contribution in [3.63, 3.8) is 0 Å². The number of hydrogen-bond donors (Lipinski definition) is 0. The highest BCUT2D eigenvalue weighted by atomic mass is 28.4. The lowest BCUT2D eigenvalue weighted by atomic mass is 10.2. The summed E-state index contributed by atoms with van der Waals surface area (Å²) in [7, 11) is -3.07. The Bertz CT molecular complexity index is 486. The second kappa shape index (κ2) is 11.1. The van der Waals surface area contributed by atoms with Crippen LogP contribution in [0, 0.1) is 0 Å². The molecule has 5 nitrogen and oxygen atoms in total. The van der Waals surface area contributed by atoms with Crippen LogP contribution in [0.4, 0.5) is 0 Å². The van der Waals surface area contributed by atoms with E-state index in [1.165, 1.54) is 6.08 Å². The van der Waals surface area contributed by atoms with Gasteiger partial charge in [0.05, 0.1) is 0 Å². The second-order valence-corrected chi connectivity index (χ2v) is 7.70. The van der Waals surface area contributed by atoms with E-state index in [9.17, 15) is 4.79 Å². The van der Waals surface area contributed by atoms with Crippen molar-refractivity contribution in [3.05, 3.63) is 42.0 Å². The summed E-state index contributed by atoms with van der Waals surface area (Å²) in [6.07, 6.45) is 3.71. The molecule has 24 heavy (non-hydrogen) atoms. The van der Waals surface area contributed by atoms with Crippen LogP contribution < -0.4 is 0 Å². The summed E-state index contributed by atoms with van der Waals surface area (Å²) in [6, 6.07) is 9.59. The fraction of sp³-hybridized carbons (Fsp3) is 0.500. The molecule has 1 aromatic carbocycles. The van der Waals surface area contributed by atoms with Gasteiger partial charge in [-0.1, -0.05) is 37.3 Å². The molecule has 0 spiro atoms. The fourth-order valence-electron chi connectivity index (χ4n) is 2.32. The predicted octanol–water partition coefficient (Wildman–Crippen LogP) is 3.61. The smallest absolute Gasteiger partial charge is 0.455 e. The third-order valence-electron chi connectivity index (χ3n) is 3.27. The Morgan fingerprint density at radius 2 is 1.54 bits per heavy atom. The highest BCUT2D eigenvalue weighted by Gasteiger charge is 2.51. The first-order valence-corrected chi connectivity index (χ1v) is 10.3. The zero-order chi connectivity index (χ0) is 17.8. The topological polar surface area (TPSA) is 54.0 Å². The third kappa shape index (κ3) is 6.20. The molecule has 0 amide bonds. The van der Waals surface area contributed by atoms with E-state index in [1.54, 1.807) is 6.08 Å². The summed E-state index contributed by atoms with van der Waals surface area (Å²) in [5, 5.41) is 0. The van der Waals surface area contributed by atoms with Crippen LogP contribution in [-0.2, 0) is 22.8 Å². The van der Waals surface area contributed by atoms with Crippen molar-refractivity contribution in [2.45, 2.75) is 39.8 Å². The number of rotatable bonds is 11. The molecule has 0 saturated heterocycles. The third-order valence-corrected chi connectivity index (χ3v) is 6.66. The number of esters is 1. The van der Waals surface area contributed by atoms with Crippen LogP contribution in [0.3, 0.4) is 0 Å². The molecule has 134 valence electrons. The summed E-state index contributed by atoms with van der Waals surface area (Å²) in [4.78, 5) is 12.2.